The van der Waals surface area contributed by atoms with Gasteiger partial charge in [-0.1, -0.05) is 6.07 Å². The van der Waals surface area contributed by atoms with Gasteiger partial charge in [-0.05, 0) is 74.7 Å². The quantitative estimate of drug-likeness (QED) is 0.518. The molecule has 1 aliphatic heterocycles. The SMILES string of the molecule is Cc1cc(F)ccc1COc1ccc(S(=O)(=O)C2CCOC(C)(C)C2C(=O)N(C)O)cc1. The Bertz CT molecular complexity index is 1080. The van der Waals surface area contributed by atoms with Gasteiger partial charge in [-0.25, -0.2) is 17.9 Å². The Morgan fingerprint density at radius 3 is 2.50 bits per heavy atom. The zero-order valence-corrected chi connectivity index (χ0v) is 19.4. The van der Waals surface area contributed by atoms with Gasteiger partial charge in [0.05, 0.1) is 21.7 Å². The largest absolute Gasteiger partial charge is 0.489 e. The lowest BCUT2D eigenvalue weighted by Gasteiger charge is -2.42. The van der Waals surface area contributed by atoms with E-state index in [2.05, 4.69) is 0 Å². The first-order chi connectivity index (χ1) is 14.9. The molecule has 0 saturated carbocycles. The van der Waals surface area contributed by atoms with E-state index in [0.29, 0.717) is 10.8 Å². The number of carbonyl (C=O) groups is 1. The molecule has 32 heavy (non-hydrogen) atoms. The van der Waals surface area contributed by atoms with E-state index in [1.54, 1.807) is 39.0 Å². The van der Waals surface area contributed by atoms with Crippen LogP contribution >= 0.6 is 0 Å². The zero-order chi connectivity index (χ0) is 23.7. The topological polar surface area (TPSA) is 93.1 Å². The third-order valence-corrected chi connectivity index (χ3v) is 8.07. The average molecular weight is 466 g/mol. The number of sulfone groups is 1. The molecular weight excluding hydrogens is 437 g/mol. The average Bonchev–Trinajstić information content (AvgIpc) is 2.72. The minimum Gasteiger partial charge on any atom is -0.489 e. The third kappa shape index (κ3) is 4.95. The van der Waals surface area contributed by atoms with Gasteiger partial charge in [0.2, 0.25) is 0 Å². The number of halogens is 1. The van der Waals surface area contributed by atoms with E-state index >= 15 is 0 Å². The van der Waals surface area contributed by atoms with Gasteiger partial charge in [-0.15, -0.1) is 0 Å². The van der Waals surface area contributed by atoms with Crippen molar-refractivity contribution in [2.75, 3.05) is 13.7 Å². The van der Waals surface area contributed by atoms with Gasteiger partial charge >= 0.3 is 0 Å². The van der Waals surface area contributed by atoms with Crippen LogP contribution in [0.25, 0.3) is 0 Å². The molecule has 1 aliphatic rings. The smallest absolute Gasteiger partial charge is 0.252 e. The number of rotatable bonds is 6. The van der Waals surface area contributed by atoms with Crippen LogP contribution in [0.2, 0.25) is 0 Å². The summed E-state index contributed by atoms with van der Waals surface area (Å²) in [5.41, 5.74) is 0.526. The van der Waals surface area contributed by atoms with Gasteiger partial charge in [0.1, 0.15) is 18.2 Å². The number of benzene rings is 2. The molecule has 1 heterocycles. The first-order valence-electron chi connectivity index (χ1n) is 10.3. The molecular formula is C23H28FNO6S. The van der Waals surface area contributed by atoms with Crippen molar-refractivity contribution >= 4 is 15.7 Å². The fourth-order valence-electron chi connectivity index (χ4n) is 4.02. The molecule has 3 rings (SSSR count). The molecule has 1 saturated heterocycles. The van der Waals surface area contributed by atoms with Crippen LogP contribution in [0.1, 0.15) is 31.4 Å². The van der Waals surface area contributed by atoms with Gasteiger partial charge in [0.25, 0.3) is 5.91 Å². The number of aryl methyl sites for hydroxylation is 1. The van der Waals surface area contributed by atoms with Crippen molar-refractivity contribution in [1.29, 1.82) is 0 Å². The second kappa shape index (κ2) is 9.17. The highest BCUT2D eigenvalue weighted by atomic mass is 32.2. The van der Waals surface area contributed by atoms with Gasteiger partial charge in [0.15, 0.2) is 9.84 Å². The van der Waals surface area contributed by atoms with Crippen molar-refractivity contribution < 1.29 is 32.3 Å². The number of amides is 1. The zero-order valence-electron chi connectivity index (χ0n) is 18.5. The van der Waals surface area contributed by atoms with Crippen molar-refractivity contribution in [2.45, 2.75) is 49.5 Å². The summed E-state index contributed by atoms with van der Waals surface area (Å²) in [4.78, 5) is 12.7. The second-order valence-electron chi connectivity index (χ2n) is 8.49. The van der Waals surface area contributed by atoms with E-state index in [0.717, 1.165) is 11.1 Å². The molecule has 2 unspecified atom stereocenters. The first kappa shape index (κ1) is 24.2. The summed E-state index contributed by atoms with van der Waals surface area (Å²) in [6.07, 6.45) is 0.137. The normalized spacial score (nSPS) is 20.6. The van der Waals surface area contributed by atoms with Crippen LogP contribution in [0.15, 0.2) is 47.4 Å². The molecule has 0 radical (unpaired) electrons. The van der Waals surface area contributed by atoms with Crippen LogP contribution in [0.4, 0.5) is 4.39 Å². The van der Waals surface area contributed by atoms with Crippen LogP contribution in [0, 0.1) is 18.7 Å². The van der Waals surface area contributed by atoms with Gasteiger partial charge in [0, 0.05) is 13.7 Å². The maximum atomic E-state index is 13.4. The molecule has 7 nitrogen and oxygen atoms in total. The van der Waals surface area contributed by atoms with Crippen molar-refractivity contribution in [3.63, 3.8) is 0 Å². The molecule has 2 aromatic carbocycles. The molecule has 1 amide bonds. The summed E-state index contributed by atoms with van der Waals surface area (Å²) in [6, 6.07) is 10.4. The van der Waals surface area contributed by atoms with E-state index in [1.807, 2.05) is 0 Å². The minimum absolute atomic E-state index is 0.0592. The summed E-state index contributed by atoms with van der Waals surface area (Å²) in [5, 5.41) is 9.05. The van der Waals surface area contributed by atoms with Crippen LogP contribution in [0.3, 0.4) is 0 Å². The van der Waals surface area contributed by atoms with E-state index in [-0.39, 0.29) is 30.3 Å². The van der Waals surface area contributed by atoms with E-state index in [9.17, 15) is 22.8 Å². The predicted octanol–water partition coefficient (Wildman–Crippen LogP) is 3.52. The Morgan fingerprint density at radius 2 is 1.91 bits per heavy atom. The van der Waals surface area contributed by atoms with Crippen molar-refractivity contribution in [3.8, 4) is 5.75 Å². The Hall–Kier alpha value is -2.49. The summed E-state index contributed by atoms with van der Waals surface area (Å²) in [5.74, 6) is -1.63. The lowest BCUT2D eigenvalue weighted by Crippen LogP contribution is -2.56. The fourth-order valence-corrected chi connectivity index (χ4v) is 6.09. The Labute approximate surface area is 187 Å². The molecule has 2 atom stereocenters. The number of hydrogen-bond donors (Lipinski definition) is 1. The summed E-state index contributed by atoms with van der Waals surface area (Å²) >= 11 is 0. The Balaban J connectivity index is 1.81. The monoisotopic (exact) mass is 465 g/mol. The molecule has 9 heteroatoms. The first-order valence-corrected chi connectivity index (χ1v) is 11.8. The van der Waals surface area contributed by atoms with Gasteiger partial charge < -0.3 is 9.47 Å². The summed E-state index contributed by atoms with van der Waals surface area (Å²) in [6.45, 7) is 5.48. The van der Waals surface area contributed by atoms with E-state index < -0.39 is 32.5 Å². The van der Waals surface area contributed by atoms with Crippen LogP contribution in [-0.2, 0) is 26.0 Å². The number of hydroxylamine groups is 2. The lowest BCUT2D eigenvalue weighted by molar-refractivity contribution is -0.180. The van der Waals surface area contributed by atoms with Gasteiger partial charge in [-0.2, -0.15) is 0 Å². The highest BCUT2D eigenvalue weighted by Crippen LogP contribution is 2.38. The Kier molecular flexibility index (Phi) is 6.92. The number of hydrogen-bond acceptors (Lipinski definition) is 6. The lowest BCUT2D eigenvalue weighted by atomic mass is 9.83. The van der Waals surface area contributed by atoms with Crippen molar-refractivity contribution in [3.05, 3.63) is 59.4 Å². The highest BCUT2D eigenvalue weighted by molar-refractivity contribution is 7.92. The molecule has 0 aliphatic carbocycles. The van der Waals surface area contributed by atoms with Gasteiger partial charge in [-0.3, -0.25) is 10.0 Å². The maximum Gasteiger partial charge on any atom is 0.252 e. The Morgan fingerprint density at radius 1 is 1.25 bits per heavy atom. The minimum atomic E-state index is -3.89. The summed E-state index contributed by atoms with van der Waals surface area (Å²) in [7, 11) is -2.72. The van der Waals surface area contributed by atoms with Crippen LogP contribution in [0.5, 0.6) is 5.75 Å². The standard InChI is InChI=1S/C23H28FNO6S/c1-15-13-17(24)6-5-16(15)14-30-18-7-9-19(10-8-18)32(28,29)20-11-12-31-23(2,3)21(20)22(26)25(4)27/h5-10,13,20-21,27H,11-12,14H2,1-4H3. The highest BCUT2D eigenvalue weighted by Gasteiger charge is 2.51. The van der Waals surface area contributed by atoms with E-state index in [1.165, 1.54) is 31.3 Å². The predicted molar refractivity (Wildman–Crippen MR) is 116 cm³/mol. The molecule has 0 spiro atoms. The fraction of sp³-hybridized carbons (Fsp3) is 0.435. The summed E-state index contributed by atoms with van der Waals surface area (Å²) < 4.78 is 51.4. The number of ether oxygens (including phenoxy) is 2. The molecule has 0 bridgehead atoms. The van der Waals surface area contributed by atoms with Crippen molar-refractivity contribution in [2.24, 2.45) is 5.92 Å². The maximum absolute atomic E-state index is 13.4. The molecule has 2 aromatic rings. The molecule has 174 valence electrons. The molecule has 1 N–H and O–H groups in total. The molecule has 0 aromatic heterocycles. The number of nitrogens with zero attached hydrogens (tertiary/aromatic N) is 1. The van der Waals surface area contributed by atoms with Crippen LogP contribution < -0.4 is 4.74 Å². The molecule has 1 fully saturated rings. The van der Waals surface area contributed by atoms with Crippen LogP contribution in [-0.4, -0.2) is 49.1 Å². The number of carbonyl (C=O) groups excluding carboxylic acids is 1. The van der Waals surface area contributed by atoms with E-state index in [4.69, 9.17) is 9.47 Å². The third-order valence-electron chi connectivity index (χ3n) is 5.83. The van der Waals surface area contributed by atoms with Crippen molar-refractivity contribution in [1.82, 2.24) is 5.06 Å². The second-order valence-corrected chi connectivity index (χ2v) is 10.7.